The first-order chi connectivity index (χ1) is 5.97. The zero-order valence-electron chi connectivity index (χ0n) is 9.67. The Morgan fingerprint density at radius 1 is 1.31 bits per heavy atom. The van der Waals surface area contributed by atoms with Crippen molar-refractivity contribution in [2.24, 2.45) is 5.92 Å². The lowest BCUT2D eigenvalue weighted by atomic mass is 10.0. The highest BCUT2D eigenvalue weighted by molar-refractivity contribution is 4.86. The Kier molecular flexibility index (Phi) is 6.00. The van der Waals surface area contributed by atoms with Gasteiger partial charge >= 0.3 is 0 Å². The van der Waals surface area contributed by atoms with E-state index in [1.54, 1.807) is 0 Å². The van der Waals surface area contributed by atoms with Crippen LogP contribution in [0, 0.1) is 5.92 Å². The van der Waals surface area contributed by atoms with Crippen molar-refractivity contribution in [3.05, 3.63) is 12.7 Å². The minimum absolute atomic E-state index is 0.396. The van der Waals surface area contributed by atoms with E-state index in [-0.39, 0.29) is 0 Å². The molecule has 0 bridgehead atoms. The van der Waals surface area contributed by atoms with Crippen molar-refractivity contribution in [2.45, 2.75) is 32.9 Å². The molecule has 0 aromatic heterocycles. The maximum absolute atomic E-state index is 3.78. The van der Waals surface area contributed by atoms with Gasteiger partial charge in [0.15, 0.2) is 0 Å². The van der Waals surface area contributed by atoms with E-state index in [9.17, 15) is 0 Å². The van der Waals surface area contributed by atoms with Crippen molar-refractivity contribution < 1.29 is 0 Å². The molecule has 0 aliphatic carbocycles. The van der Waals surface area contributed by atoms with Gasteiger partial charge in [0.25, 0.3) is 0 Å². The fourth-order valence-electron chi connectivity index (χ4n) is 1.26. The molecule has 0 saturated carbocycles. The second-order valence-corrected chi connectivity index (χ2v) is 4.30. The molecule has 2 atom stereocenters. The molecule has 0 rings (SSSR count). The van der Waals surface area contributed by atoms with Crippen molar-refractivity contribution in [3.8, 4) is 0 Å². The van der Waals surface area contributed by atoms with Gasteiger partial charge in [-0.25, -0.2) is 0 Å². The summed E-state index contributed by atoms with van der Waals surface area (Å²) in [4.78, 5) is 2.22. The highest BCUT2D eigenvalue weighted by Crippen LogP contribution is 2.04. The smallest absolute Gasteiger partial charge is 0.0223 e. The lowest BCUT2D eigenvalue weighted by molar-refractivity contribution is 0.282. The minimum atomic E-state index is 0.396. The summed E-state index contributed by atoms with van der Waals surface area (Å²) in [6.07, 6.45) is 1.95. The van der Waals surface area contributed by atoms with Gasteiger partial charge < -0.3 is 10.2 Å². The van der Waals surface area contributed by atoms with Crippen molar-refractivity contribution in [1.29, 1.82) is 0 Å². The molecular formula is C11H24N2. The van der Waals surface area contributed by atoms with Crippen LogP contribution in [0.1, 0.15) is 20.8 Å². The van der Waals surface area contributed by atoms with Gasteiger partial charge in [0.05, 0.1) is 0 Å². The van der Waals surface area contributed by atoms with E-state index in [1.165, 1.54) is 0 Å². The highest BCUT2D eigenvalue weighted by atomic mass is 15.1. The van der Waals surface area contributed by atoms with Crippen LogP contribution in [0.15, 0.2) is 12.7 Å². The molecule has 0 aromatic carbocycles. The quantitative estimate of drug-likeness (QED) is 0.633. The van der Waals surface area contributed by atoms with Crippen LogP contribution in [-0.4, -0.2) is 37.6 Å². The molecule has 0 aliphatic heterocycles. The van der Waals surface area contributed by atoms with Crippen LogP contribution in [0.25, 0.3) is 0 Å². The third kappa shape index (κ3) is 5.83. The van der Waals surface area contributed by atoms with Crippen LogP contribution in [-0.2, 0) is 0 Å². The lowest BCUT2D eigenvalue weighted by Gasteiger charge is -2.27. The van der Waals surface area contributed by atoms with Gasteiger partial charge in [0, 0.05) is 18.6 Å². The lowest BCUT2D eigenvalue weighted by Crippen LogP contribution is -2.45. The van der Waals surface area contributed by atoms with Crippen molar-refractivity contribution in [1.82, 2.24) is 10.2 Å². The first-order valence-corrected chi connectivity index (χ1v) is 5.00. The van der Waals surface area contributed by atoms with Crippen LogP contribution < -0.4 is 5.32 Å². The van der Waals surface area contributed by atoms with Gasteiger partial charge in [0.1, 0.15) is 0 Å². The van der Waals surface area contributed by atoms with E-state index in [1.807, 2.05) is 6.08 Å². The molecule has 2 heteroatoms. The third-order valence-electron chi connectivity index (χ3n) is 2.20. The van der Waals surface area contributed by atoms with Crippen LogP contribution >= 0.6 is 0 Å². The van der Waals surface area contributed by atoms with Crippen LogP contribution in [0.5, 0.6) is 0 Å². The summed E-state index contributed by atoms with van der Waals surface area (Å²) in [5, 5.41) is 3.54. The molecule has 13 heavy (non-hydrogen) atoms. The maximum Gasteiger partial charge on any atom is 0.0223 e. The molecular weight excluding hydrogens is 160 g/mol. The molecule has 0 fully saturated rings. The average Bonchev–Trinajstić information content (AvgIpc) is 2.02. The molecule has 0 radical (unpaired) electrons. The zero-order valence-corrected chi connectivity index (χ0v) is 9.67. The predicted molar refractivity (Wildman–Crippen MR) is 60.0 cm³/mol. The van der Waals surface area contributed by atoms with E-state index in [0.29, 0.717) is 18.0 Å². The Hall–Kier alpha value is -0.340. The molecule has 0 amide bonds. The van der Waals surface area contributed by atoms with Gasteiger partial charge in [-0.3, -0.25) is 0 Å². The van der Waals surface area contributed by atoms with E-state index >= 15 is 0 Å². The van der Waals surface area contributed by atoms with Crippen molar-refractivity contribution in [3.63, 3.8) is 0 Å². The molecule has 2 unspecified atom stereocenters. The SMILES string of the molecule is C=CC(C)NC(CN(C)C)C(C)C. The van der Waals surface area contributed by atoms with Gasteiger partial charge in [-0.05, 0) is 26.9 Å². The fraction of sp³-hybridized carbons (Fsp3) is 0.818. The Labute approximate surface area is 83.0 Å². The van der Waals surface area contributed by atoms with Gasteiger partial charge in [-0.2, -0.15) is 0 Å². The van der Waals surface area contributed by atoms with Crippen LogP contribution in [0.3, 0.4) is 0 Å². The number of nitrogens with one attached hydrogen (secondary N) is 1. The maximum atomic E-state index is 3.78. The van der Waals surface area contributed by atoms with E-state index < -0.39 is 0 Å². The molecule has 2 nitrogen and oxygen atoms in total. The monoisotopic (exact) mass is 184 g/mol. The Bertz CT molecular complexity index is 141. The minimum Gasteiger partial charge on any atom is -0.308 e. The van der Waals surface area contributed by atoms with Crippen molar-refractivity contribution >= 4 is 0 Å². The summed E-state index contributed by atoms with van der Waals surface area (Å²) < 4.78 is 0. The zero-order chi connectivity index (χ0) is 10.4. The van der Waals surface area contributed by atoms with Gasteiger partial charge in [0.2, 0.25) is 0 Å². The second-order valence-electron chi connectivity index (χ2n) is 4.30. The largest absolute Gasteiger partial charge is 0.308 e. The number of hydrogen-bond donors (Lipinski definition) is 1. The van der Waals surface area contributed by atoms with E-state index in [4.69, 9.17) is 0 Å². The van der Waals surface area contributed by atoms with Crippen molar-refractivity contribution in [2.75, 3.05) is 20.6 Å². The third-order valence-corrected chi connectivity index (χ3v) is 2.20. The summed E-state index contributed by atoms with van der Waals surface area (Å²) in [6, 6.07) is 0.940. The first kappa shape index (κ1) is 12.7. The summed E-state index contributed by atoms with van der Waals surface area (Å²) in [7, 11) is 4.21. The normalized spacial score (nSPS) is 16.2. The Balaban J connectivity index is 4.01. The Morgan fingerprint density at radius 3 is 2.15 bits per heavy atom. The molecule has 0 heterocycles. The number of likely N-dealkylation sites (N-methyl/N-ethyl adjacent to an activating group) is 1. The van der Waals surface area contributed by atoms with E-state index in [2.05, 4.69) is 51.7 Å². The van der Waals surface area contributed by atoms with Crippen LogP contribution in [0.4, 0.5) is 0 Å². The Morgan fingerprint density at radius 2 is 1.85 bits per heavy atom. The summed E-state index contributed by atoms with van der Waals surface area (Å²) in [5.74, 6) is 0.657. The van der Waals surface area contributed by atoms with E-state index in [0.717, 1.165) is 6.54 Å². The summed E-state index contributed by atoms with van der Waals surface area (Å²) in [6.45, 7) is 11.5. The summed E-state index contributed by atoms with van der Waals surface area (Å²) in [5.41, 5.74) is 0. The standard InChI is InChI=1S/C11H24N2/c1-7-10(4)12-11(9(2)3)8-13(5)6/h7,9-12H,1,8H2,2-6H3. The number of rotatable bonds is 6. The second kappa shape index (κ2) is 6.17. The molecule has 0 aliphatic rings. The van der Waals surface area contributed by atoms with Crippen LogP contribution in [0.2, 0.25) is 0 Å². The predicted octanol–water partition coefficient (Wildman–Crippen LogP) is 1.74. The topological polar surface area (TPSA) is 15.3 Å². The number of hydrogen-bond acceptors (Lipinski definition) is 2. The van der Waals surface area contributed by atoms with Gasteiger partial charge in [-0.15, -0.1) is 6.58 Å². The van der Waals surface area contributed by atoms with Gasteiger partial charge in [-0.1, -0.05) is 19.9 Å². The fourth-order valence-corrected chi connectivity index (χ4v) is 1.26. The average molecular weight is 184 g/mol. The molecule has 1 N–H and O–H groups in total. The molecule has 0 spiro atoms. The summed E-state index contributed by atoms with van der Waals surface area (Å²) >= 11 is 0. The molecule has 0 aromatic rings. The number of nitrogens with zero attached hydrogens (tertiary/aromatic N) is 1. The molecule has 0 saturated heterocycles. The first-order valence-electron chi connectivity index (χ1n) is 5.00. The highest BCUT2D eigenvalue weighted by Gasteiger charge is 2.14. The molecule has 78 valence electrons.